The zero-order valence-corrected chi connectivity index (χ0v) is 15.7. The lowest BCUT2D eigenvalue weighted by Crippen LogP contribution is -2.24. The molecule has 0 bridgehead atoms. The highest BCUT2D eigenvalue weighted by Crippen LogP contribution is 2.26. The first-order valence-corrected chi connectivity index (χ1v) is 9.78. The highest BCUT2D eigenvalue weighted by Gasteiger charge is 2.09. The molecule has 8 heteroatoms. The van der Waals surface area contributed by atoms with Crippen molar-refractivity contribution in [1.29, 1.82) is 0 Å². The van der Waals surface area contributed by atoms with Crippen molar-refractivity contribution < 1.29 is 22.7 Å². The van der Waals surface area contributed by atoms with Crippen LogP contribution in [0.5, 0.6) is 11.5 Å². The lowest BCUT2D eigenvalue weighted by atomic mass is 10.1. The number of hydrogen-bond donors (Lipinski definition) is 2. The average Bonchev–Trinajstić information content (AvgIpc) is 2.60. The summed E-state index contributed by atoms with van der Waals surface area (Å²) in [5, 5.41) is 2.80. The fraction of sp³-hybridized carbons (Fsp3) is 0.278. The molecule has 0 radical (unpaired) electrons. The van der Waals surface area contributed by atoms with Crippen LogP contribution in [0.4, 0.5) is 5.69 Å². The number of carbonyl (C=O) groups is 1. The van der Waals surface area contributed by atoms with Gasteiger partial charge in [-0.15, -0.1) is 0 Å². The largest absolute Gasteiger partial charge is 0.497 e. The summed E-state index contributed by atoms with van der Waals surface area (Å²) in [4.78, 5) is 12.4. The minimum atomic E-state index is -3.20. The van der Waals surface area contributed by atoms with Gasteiger partial charge in [0.25, 0.3) is 5.91 Å². The quantitative estimate of drug-likeness (QED) is 0.733. The van der Waals surface area contributed by atoms with Gasteiger partial charge in [-0.2, -0.15) is 0 Å². The Balaban J connectivity index is 2.01. The predicted octanol–water partition coefficient (Wildman–Crippen LogP) is 2.05. The van der Waals surface area contributed by atoms with Gasteiger partial charge < -0.3 is 14.8 Å². The van der Waals surface area contributed by atoms with Crippen molar-refractivity contribution in [1.82, 2.24) is 4.72 Å². The molecule has 2 N–H and O–H groups in total. The molecule has 0 aliphatic rings. The minimum Gasteiger partial charge on any atom is -0.497 e. The molecule has 0 fully saturated rings. The molecule has 26 heavy (non-hydrogen) atoms. The summed E-state index contributed by atoms with van der Waals surface area (Å²) in [6.45, 7) is 0.313. The van der Waals surface area contributed by atoms with Gasteiger partial charge >= 0.3 is 0 Å². The Morgan fingerprint density at radius 3 is 2.08 bits per heavy atom. The van der Waals surface area contributed by atoms with E-state index in [1.54, 1.807) is 42.5 Å². The number of anilines is 1. The molecule has 0 unspecified atom stereocenters. The number of sulfonamides is 1. The van der Waals surface area contributed by atoms with E-state index >= 15 is 0 Å². The van der Waals surface area contributed by atoms with Gasteiger partial charge in [0.05, 0.1) is 20.5 Å². The molecule has 0 saturated heterocycles. The molecular weight excluding hydrogens is 356 g/mol. The Hall–Kier alpha value is -2.58. The number of amides is 1. The molecule has 2 aromatic rings. The van der Waals surface area contributed by atoms with Crippen molar-refractivity contribution >= 4 is 21.6 Å². The van der Waals surface area contributed by atoms with Gasteiger partial charge in [-0.1, -0.05) is 12.1 Å². The zero-order valence-electron chi connectivity index (χ0n) is 14.9. The summed E-state index contributed by atoms with van der Waals surface area (Å²) in [7, 11) is -0.118. The molecule has 0 spiro atoms. The number of nitrogens with one attached hydrogen (secondary N) is 2. The lowest BCUT2D eigenvalue weighted by Gasteiger charge is -2.10. The molecule has 0 aromatic heterocycles. The Morgan fingerprint density at radius 2 is 1.58 bits per heavy atom. The zero-order chi connectivity index (χ0) is 19.2. The molecular formula is C18H22N2O5S. The van der Waals surface area contributed by atoms with E-state index in [9.17, 15) is 13.2 Å². The van der Waals surface area contributed by atoms with Gasteiger partial charge in [0.2, 0.25) is 10.0 Å². The van der Waals surface area contributed by atoms with Gasteiger partial charge in [-0.05, 0) is 24.1 Å². The van der Waals surface area contributed by atoms with Gasteiger partial charge in [0.1, 0.15) is 11.5 Å². The Labute approximate surface area is 153 Å². The second-order valence-corrected chi connectivity index (χ2v) is 7.50. The Bertz CT molecular complexity index is 841. The first-order chi connectivity index (χ1) is 12.3. The van der Waals surface area contributed by atoms with E-state index in [0.717, 1.165) is 11.8 Å². The van der Waals surface area contributed by atoms with Gasteiger partial charge in [-0.3, -0.25) is 4.79 Å². The number of ether oxygens (including phenoxy) is 2. The monoisotopic (exact) mass is 378 g/mol. The second-order valence-electron chi connectivity index (χ2n) is 5.67. The number of hydrogen-bond acceptors (Lipinski definition) is 5. The van der Waals surface area contributed by atoms with E-state index in [-0.39, 0.29) is 5.91 Å². The molecule has 2 aromatic carbocycles. The van der Waals surface area contributed by atoms with Crippen LogP contribution in [-0.4, -0.2) is 41.3 Å². The van der Waals surface area contributed by atoms with Crippen molar-refractivity contribution in [3.05, 3.63) is 53.6 Å². The van der Waals surface area contributed by atoms with Crippen molar-refractivity contribution in [2.24, 2.45) is 0 Å². The fourth-order valence-corrected chi connectivity index (χ4v) is 2.76. The second kappa shape index (κ2) is 8.68. The van der Waals surface area contributed by atoms with Crippen molar-refractivity contribution in [3.63, 3.8) is 0 Å². The number of carbonyl (C=O) groups excluding carboxylic acids is 1. The highest BCUT2D eigenvalue weighted by atomic mass is 32.2. The predicted molar refractivity (Wildman–Crippen MR) is 100 cm³/mol. The van der Waals surface area contributed by atoms with Gasteiger partial charge in [-0.25, -0.2) is 13.1 Å². The van der Waals surface area contributed by atoms with Crippen LogP contribution in [0.15, 0.2) is 42.5 Å². The molecule has 1 amide bonds. The molecule has 2 rings (SSSR count). The number of methoxy groups -OCH3 is 2. The maximum absolute atomic E-state index is 12.4. The fourth-order valence-electron chi connectivity index (χ4n) is 2.29. The van der Waals surface area contributed by atoms with Crippen LogP contribution >= 0.6 is 0 Å². The average molecular weight is 378 g/mol. The van der Waals surface area contributed by atoms with Crippen molar-refractivity contribution in [2.75, 3.05) is 32.3 Å². The molecule has 140 valence electrons. The van der Waals surface area contributed by atoms with Crippen LogP contribution in [0, 0.1) is 0 Å². The SMILES string of the molecule is COc1cc(NC(=O)c2ccc(CCNS(C)(=O)=O)cc2)cc(OC)c1. The Kier molecular flexibility index (Phi) is 6.59. The number of benzene rings is 2. The molecule has 0 heterocycles. The summed E-state index contributed by atoms with van der Waals surface area (Å²) in [5.74, 6) is 0.892. The third kappa shape index (κ3) is 6.05. The summed E-state index contributed by atoms with van der Waals surface area (Å²) < 4.78 is 34.9. The first-order valence-electron chi connectivity index (χ1n) is 7.89. The third-order valence-corrected chi connectivity index (χ3v) is 4.33. The molecule has 0 aliphatic heterocycles. The molecule has 0 aliphatic carbocycles. The van der Waals surface area contributed by atoms with Crippen LogP contribution in [0.25, 0.3) is 0 Å². The third-order valence-electron chi connectivity index (χ3n) is 3.60. The lowest BCUT2D eigenvalue weighted by molar-refractivity contribution is 0.102. The summed E-state index contributed by atoms with van der Waals surface area (Å²) in [5.41, 5.74) is 1.99. The standard InChI is InChI=1S/C18H22N2O5S/c1-24-16-10-15(11-17(12-16)25-2)20-18(21)14-6-4-13(5-7-14)8-9-19-26(3,22)23/h4-7,10-12,19H,8-9H2,1-3H3,(H,20,21). The molecule has 7 nitrogen and oxygen atoms in total. The van der Waals surface area contributed by atoms with E-state index in [2.05, 4.69) is 10.0 Å². The smallest absolute Gasteiger partial charge is 0.255 e. The van der Waals surface area contributed by atoms with E-state index in [1.165, 1.54) is 14.2 Å². The number of rotatable bonds is 8. The molecule has 0 saturated carbocycles. The summed E-state index contributed by atoms with van der Waals surface area (Å²) in [6, 6.07) is 12.1. The van der Waals surface area contributed by atoms with Crippen LogP contribution < -0.4 is 19.5 Å². The van der Waals surface area contributed by atoms with E-state index < -0.39 is 10.0 Å². The van der Waals surface area contributed by atoms with Crippen LogP contribution in [0.3, 0.4) is 0 Å². The van der Waals surface area contributed by atoms with Crippen molar-refractivity contribution in [2.45, 2.75) is 6.42 Å². The normalized spacial score (nSPS) is 11.0. The van der Waals surface area contributed by atoms with Crippen LogP contribution in [0.1, 0.15) is 15.9 Å². The maximum Gasteiger partial charge on any atom is 0.255 e. The Morgan fingerprint density at radius 1 is 1.00 bits per heavy atom. The summed E-state index contributed by atoms with van der Waals surface area (Å²) >= 11 is 0. The van der Waals surface area contributed by atoms with E-state index in [4.69, 9.17) is 9.47 Å². The van der Waals surface area contributed by atoms with Gasteiger partial charge in [0, 0.05) is 36.0 Å². The minimum absolute atomic E-state index is 0.263. The highest BCUT2D eigenvalue weighted by molar-refractivity contribution is 7.88. The van der Waals surface area contributed by atoms with Crippen molar-refractivity contribution in [3.8, 4) is 11.5 Å². The van der Waals surface area contributed by atoms with E-state index in [1.807, 2.05) is 0 Å². The topological polar surface area (TPSA) is 93.7 Å². The van der Waals surface area contributed by atoms with Crippen LogP contribution in [-0.2, 0) is 16.4 Å². The maximum atomic E-state index is 12.4. The van der Waals surface area contributed by atoms with Crippen LogP contribution in [0.2, 0.25) is 0 Å². The molecule has 0 atom stereocenters. The first kappa shape index (κ1) is 19.7. The summed E-state index contributed by atoms with van der Waals surface area (Å²) in [6.07, 6.45) is 1.66. The van der Waals surface area contributed by atoms with E-state index in [0.29, 0.717) is 35.7 Å². The van der Waals surface area contributed by atoms with Gasteiger partial charge in [0.15, 0.2) is 0 Å².